The minimum atomic E-state index is -1.52. The summed E-state index contributed by atoms with van der Waals surface area (Å²) in [5.74, 6) is -0.258. The molecule has 2 nitrogen and oxygen atoms in total. The molecule has 3 heteroatoms. The van der Waals surface area contributed by atoms with Crippen molar-refractivity contribution in [3.8, 4) is 0 Å². The van der Waals surface area contributed by atoms with Crippen LogP contribution < -0.4 is 0 Å². The average Bonchev–Trinajstić information content (AvgIpc) is 2.11. The Labute approximate surface area is 94.7 Å². The van der Waals surface area contributed by atoms with Crippen molar-refractivity contribution >= 4 is 14.0 Å². The summed E-state index contributed by atoms with van der Waals surface area (Å²) in [6, 6.07) is 1.12. The lowest BCUT2D eigenvalue weighted by molar-refractivity contribution is -0.137. The largest absolute Gasteiger partial charge is 0.466 e. The van der Waals surface area contributed by atoms with Crippen LogP contribution in [0.4, 0.5) is 0 Å². The predicted molar refractivity (Wildman–Crippen MR) is 67.6 cm³/mol. The van der Waals surface area contributed by atoms with Crippen molar-refractivity contribution < 1.29 is 9.53 Å². The van der Waals surface area contributed by atoms with Gasteiger partial charge in [-0.05, 0) is 12.0 Å². The molecular formula is C12H24O2Si. The highest BCUT2D eigenvalue weighted by atomic mass is 28.3. The second-order valence-electron chi connectivity index (χ2n) is 5.52. The van der Waals surface area contributed by atoms with E-state index in [0.29, 0.717) is 11.8 Å². The first-order valence-electron chi connectivity index (χ1n) is 5.46. The van der Waals surface area contributed by atoms with E-state index in [1.165, 1.54) is 0 Å². The summed E-state index contributed by atoms with van der Waals surface area (Å²) in [6.45, 7) is 16.4. The number of carbonyl (C=O) groups excluding carboxylic acids is 1. The zero-order chi connectivity index (χ0) is 12.3. The van der Waals surface area contributed by atoms with E-state index in [1.807, 2.05) is 0 Å². The standard InChI is InChI=1S/C12H24O2Si/c1-8-15(7,12(4,5)6)9-14-11(13)10(2)3/h2,8-9H2,1,3-7H3. The first kappa shape index (κ1) is 14.4. The van der Waals surface area contributed by atoms with Gasteiger partial charge in [-0.25, -0.2) is 4.79 Å². The lowest BCUT2D eigenvalue weighted by Crippen LogP contribution is -2.45. The van der Waals surface area contributed by atoms with Crippen molar-refractivity contribution in [1.29, 1.82) is 0 Å². The van der Waals surface area contributed by atoms with E-state index < -0.39 is 8.07 Å². The third-order valence-corrected chi connectivity index (χ3v) is 9.42. The smallest absolute Gasteiger partial charge is 0.332 e. The van der Waals surface area contributed by atoms with Crippen LogP contribution in [-0.4, -0.2) is 20.3 Å². The Morgan fingerprint density at radius 3 is 2.13 bits per heavy atom. The van der Waals surface area contributed by atoms with Crippen molar-refractivity contribution in [2.24, 2.45) is 0 Å². The van der Waals surface area contributed by atoms with Gasteiger partial charge >= 0.3 is 5.97 Å². The van der Waals surface area contributed by atoms with E-state index in [1.54, 1.807) is 6.92 Å². The van der Waals surface area contributed by atoms with Crippen LogP contribution >= 0.6 is 0 Å². The Kier molecular flexibility index (Phi) is 4.78. The van der Waals surface area contributed by atoms with Gasteiger partial charge < -0.3 is 4.74 Å². The van der Waals surface area contributed by atoms with E-state index >= 15 is 0 Å². The zero-order valence-corrected chi connectivity index (χ0v) is 11.9. The highest BCUT2D eigenvalue weighted by molar-refractivity contribution is 6.81. The van der Waals surface area contributed by atoms with Gasteiger partial charge in [0, 0.05) is 5.57 Å². The molecule has 0 amide bonds. The summed E-state index contributed by atoms with van der Waals surface area (Å²) < 4.78 is 5.31. The molecule has 0 heterocycles. The predicted octanol–water partition coefficient (Wildman–Crippen LogP) is 3.54. The van der Waals surface area contributed by atoms with Gasteiger partial charge in [0.15, 0.2) is 0 Å². The summed E-state index contributed by atoms with van der Waals surface area (Å²) in [7, 11) is -1.52. The molecule has 0 aliphatic heterocycles. The molecule has 0 rings (SSSR count). The van der Waals surface area contributed by atoms with Gasteiger partial charge in [0.25, 0.3) is 0 Å². The summed E-state index contributed by atoms with van der Waals surface area (Å²) in [4.78, 5) is 11.3. The Balaban J connectivity index is 4.48. The van der Waals surface area contributed by atoms with Crippen molar-refractivity contribution in [1.82, 2.24) is 0 Å². The van der Waals surface area contributed by atoms with Gasteiger partial charge in [0.1, 0.15) is 8.07 Å². The van der Waals surface area contributed by atoms with Crippen molar-refractivity contribution in [3.05, 3.63) is 12.2 Å². The molecule has 0 aliphatic carbocycles. The zero-order valence-electron chi connectivity index (χ0n) is 10.9. The number of carbonyl (C=O) groups is 1. The maximum absolute atomic E-state index is 11.3. The molecule has 88 valence electrons. The third kappa shape index (κ3) is 3.82. The number of ether oxygens (including phenoxy) is 1. The van der Waals surface area contributed by atoms with Crippen LogP contribution in [0.15, 0.2) is 12.2 Å². The Bertz CT molecular complexity index is 253. The average molecular weight is 228 g/mol. The second kappa shape index (κ2) is 4.97. The van der Waals surface area contributed by atoms with E-state index in [9.17, 15) is 4.79 Å². The van der Waals surface area contributed by atoms with E-state index in [-0.39, 0.29) is 11.0 Å². The van der Waals surface area contributed by atoms with Crippen LogP contribution in [0.5, 0.6) is 0 Å². The summed E-state index contributed by atoms with van der Waals surface area (Å²) >= 11 is 0. The fourth-order valence-corrected chi connectivity index (χ4v) is 3.34. The van der Waals surface area contributed by atoms with Crippen molar-refractivity contribution in [2.45, 2.75) is 52.2 Å². The molecule has 1 unspecified atom stereocenters. The van der Waals surface area contributed by atoms with Gasteiger partial charge in [-0.2, -0.15) is 0 Å². The first-order valence-corrected chi connectivity index (χ1v) is 8.38. The monoisotopic (exact) mass is 228 g/mol. The van der Waals surface area contributed by atoms with Gasteiger partial charge in [-0.15, -0.1) is 0 Å². The highest BCUT2D eigenvalue weighted by Gasteiger charge is 2.39. The van der Waals surface area contributed by atoms with Gasteiger partial charge in [0.2, 0.25) is 0 Å². The molecule has 0 aromatic heterocycles. The molecule has 0 aromatic carbocycles. The van der Waals surface area contributed by atoms with Crippen LogP contribution in [0.1, 0.15) is 34.6 Å². The molecule has 1 atom stereocenters. The molecule has 0 saturated heterocycles. The lowest BCUT2D eigenvalue weighted by Gasteiger charge is -2.38. The highest BCUT2D eigenvalue weighted by Crippen LogP contribution is 2.38. The van der Waals surface area contributed by atoms with E-state index in [2.05, 4.69) is 40.8 Å². The number of hydrogen-bond donors (Lipinski definition) is 0. The van der Waals surface area contributed by atoms with Crippen LogP contribution in [0, 0.1) is 0 Å². The molecule has 0 aliphatic rings. The van der Waals surface area contributed by atoms with Gasteiger partial charge in [-0.1, -0.05) is 46.9 Å². The second-order valence-corrected chi connectivity index (χ2v) is 11.1. The molecule has 0 bridgehead atoms. The summed E-state index contributed by atoms with van der Waals surface area (Å²) in [5.41, 5.74) is 0.483. The molecule has 0 radical (unpaired) electrons. The lowest BCUT2D eigenvalue weighted by atomic mass is 10.2. The molecule has 0 aromatic rings. The minimum Gasteiger partial charge on any atom is -0.466 e. The SMILES string of the molecule is C=C(C)C(=O)OC[Si](C)(CC)C(C)(C)C. The quantitative estimate of drug-likeness (QED) is 0.418. The van der Waals surface area contributed by atoms with Gasteiger partial charge in [0.05, 0.1) is 6.23 Å². The summed E-state index contributed by atoms with van der Waals surface area (Å²) in [6.07, 6.45) is 0.596. The first-order chi connectivity index (χ1) is 6.64. The summed E-state index contributed by atoms with van der Waals surface area (Å²) in [5, 5.41) is 0.261. The number of esters is 1. The molecule has 0 spiro atoms. The topological polar surface area (TPSA) is 26.3 Å². The number of hydrogen-bond acceptors (Lipinski definition) is 2. The Morgan fingerprint density at radius 2 is 1.87 bits per heavy atom. The fourth-order valence-electron chi connectivity index (χ4n) is 1.20. The maximum Gasteiger partial charge on any atom is 0.332 e. The Morgan fingerprint density at radius 1 is 1.40 bits per heavy atom. The molecule has 15 heavy (non-hydrogen) atoms. The number of rotatable bonds is 4. The minimum absolute atomic E-state index is 0.258. The molecule has 0 N–H and O–H groups in total. The van der Waals surface area contributed by atoms with Crippen molar-refractivity contribution in [2.75, 3.05) is 6.23 Å². The van der Waals surface area contributed by atoms with Crippen LogP contribution in [0.2, 0.25) is 17.6 Å². The maximum atomic E-state index is 11.3. The third-order valence-electron chi connectivity index (χ3n) is 3.46. The van der Waals surface area contributed by atoms with Crippen LogP contribution in [0.3, 0.4) is 0 Å². The molecule has 0 saturated carbocycles. The van der Waals surface area contributed by atoms with Crippen LogP contribution in [-0.2, 0) is 9.53 Å². The fraction of sp³-hybridized carbons (Fsp3) is 0.750. The molecule has 0 fully saturated rings. The van der Waals surface area contributed by atoms with Gasteiger partial charge in [-0.3, -0.25) is 0 Å². The van der Waals surface area contributed by atoms with Crippen molar-refractivity contribution in [3.63, 3.8) is 0 Å². The Hall–Kier alpha value is -0.573. The molecular weight excluding hydrogens is 204 g/mol. The van der Waals surface area contributed by atoms with E-state index in [0.717, 1.165) is 6.04 Å². The normalized spacial score (nSPS) is 15.6. The van der Waals surface area contributed by atoms with Crippen LogP contribution in [0.25, 0.3) is 0 Å². The van der Waals surface area contributed by atoms with E-state index in [4.69, 9.17) is 4.74 Å².